The van der Waals surface area contributed by atoms with Gasteiger partial charge in [-0.05, 0) is 38.0 Å². The van der Waals surface area contributed by atoms with Gasteiger partial charge in [-0.15, -0.1) is 0 Å². The third-order valence-corrected chi connectivity index (χ3v) is 3.26. The average molecular weight is 331 g/mol. The summed E-state index contributed by atoms with van der Waals surface area (Å²) < 4.78 is 0. The van der Waals surface area contributed by atoms with Crippen molar-refractivity contribution < 1.29 is 5.11 Å². The largest absolute Gasteiger partial charge is 0.395 e. The molecular formula is C16H25N7O. The zero-order valence-electron chi connectivity index (χ0n) is 14.4. The van der Waals surface area contributed by atoms with Crippen molar-refractivity contribution in [3.63, 3.8) is 0 Å². The van der Waals surface area contributed by atoms with E-state index in [1.807, 2.05) is 37.9 Å². The molecule has 2 aromatic heterocycles. The predicted molar refractivity (Wildman–Crippen MR) is 95.4 cm³/mol. The van der Waals surface area contributed by atoms with Crippen LogP contribution >= 0.6 is 0 Å². The predicted octanol–water partition coefficient (Wildman–Crippen LogP) is 1.17. The minimum absolute atomic E-state index is 0.0197. The van der Waals surface area contributed by atoms with Crippen molar-refractivity contribution in [1.29, 1.82) is 0 Å². The quantitative estimate of drug-likeness (QED) is 0.630. The molecule has 3 N–H and O–H groups in total. The molecule has 8 nitrogen and oxygen atoms in total. The number of aliphatic hydroxyl groups excluding tert-OH is 1. The molecule has 8 heteroatoms. The molecule has 0 saturated carbocycles. The van der Waals surface area contributed by atoms with E-state index in [-0.39, 0.29) is 12.6 Å². The fourth-order valence-corrected chi connectivity index (χ4v) is 2.05. The number of hydrogen-bond donors (Lipinski definition) is 3. The Bertz CT molecular complexity index is 621. The lowest BCUT2D eigenvalue weighted by atomic mass is 10.2. The summed E-state index contributed by atoms with van der Waals surface area (Å²) in [5, 5.41) is 15.1. The lowest BCUT2D eigenvalue weighted by molar-refractivity contribution is 0.311. The highest BCUT2D eigenvalue weighted by Gasteiger charge is 2.11. The number of aliphatic hydroxyl groups is 1. The number of aromatic nitrogens is 4. The number of nitrogens with one attached hydrogen (secondary N) is 2. The molecule has 2 rings (SSSR count). The van der Waals surface area contributed by atoms with Crippen LogP contribution in [0.5, 0.6) is 0 Å². The molecule has 0 fully saturated rings. The first-order chi connectivity index (χ1) is 11.6. The van der Waals surface area contributed by atoms with Crippen LogP contribution in [0.25, 0.3) is 0 Å². The van der Waals surface area contributed by atoms with Crippen LogP contribution < -0.4 is 15.5 Å². The fraction of sp³-hybridized carbons (Fsp3) is 0.500. The third kappa shape index (κ3) is 5.62. The van der Waals surface area contributed by atoms with Gasteiger partial charge in [-0.3, -0.25) is 4.98 Å². The van der Waals surface area contributed by atoms with Crippen LogP contribution in [0.4, 0.5) is 17.8 Å². The van der Waals surface area contributed by atoms with E-state index in [9.17, 15) is 0 Å². The molecule has 0 aliphatic rings. The van der Waals surface area contributed by atoms with E-state index >= 15 is 0 Å². The minimum Gasteiger partial charge on any atom is -0.395 e. The van der Waals surface area contributed by atoms with Gasteiger partial charge in [-0.1, -0.05) is 0 Å². The van der Waals surface area contributed by atoms with E-state index in [4.69, 9.17) is 5.11 Å². The molecule has 0 amide bonds. The van der Waals surface area contributed by atoms with E-state index in [1.54, 1.807) is 12.4 Å². The Morgan fingerprint density at radius 3 is 2.50 bits per heavy atom. The van der Waals surface area contributed by atoms with Crippen LogP contribution in [-0.4, -0.2) is 57.8 Å². The lowest BCUT2D eigenvalue weighted by Crippen LogP contribution is -2.25. The van der Waals surface area contributed by atoms with Gasteiger partial charge in [-0.2, -0.15) is 15.0 Å². The van der Waals surface area contributed by atoms with Crippen LogP contribution in [0.2, 0.25) is 0 Å². The molecule has 2 aromatic rings. The molecule has 0 spiro atoms. The van der Waals surface area contributed by atoms with Gasteiger partial charge in [0.1, 0.15) is 0 Å². The Balaban J connectivity index is 2.10. The first-order valence-corrected chi connectivity index (χ1v) is 8.06. The van der Waals surface area contributed by atoms with Gasteiger partial charge >= 0.3 is 0 Å². The zero-order chi connectivity index (χ0) is 17.4. The van der Waals surface area contributed by atoms with Gasteiger partial charge in [0.2, 0.25) is 17.8 Å². The highest BCUT2D eigenvalue weighted by Crippen LogP contribution is 2.14. The van der Waals surface area contributed by atoms with Crippen molar-refractivity contribution in [1.82, 2.24) is 19.9 Å². The van der Waals surface area contributed by atoms with E-state index in [0.717, 1.165) is 13.0 Å². The van der Waals surface area contributed by atoms with Gasteiger partial charge in [0.15, 0.2) is 0 Å². The van der Waals surface area contributed by atoms with Crippen molar-refractivity contribution >= 4 is 17.8 Å². The molecule has 0 aliphatic carbocycles. The van der Waals surface area contributed by atoms with Gasteiger partial charge in [0.05, 0.1) is 6.61 Å². The standard InChI is InChI=1S/C16H25N7O/c1-12(2)19-15-20-14(18-9-11-24)21-16(22-15)23(3)10-6-13-4-7-17-8-5-13/h4-5,7-8,12,24H,6,9-11H2,1-3H3,(H2,18,19,20,21,22). The van der Waals surface area contributed by atoms with Gasteiger partial charge < -0.3 is 20.6 Å². The summed E-state index contributed by atoms with van der Waals surface area (Å²) in [6, 6.07) is 4.22. The molecule has 0 aromatic carbocycles. The Labute approximate surface area is 142 Å². The number of hydrogen-bond acceptors (Lipinski definition) is 8. The highest BCUT2D eigenvalue weighted by atomic mass is 16.3. The molecule has 0 radical (unpaired) electrons. The Morgan fingerprint density at radius 2 is 1.83 bits per heavy atom. The van der Waals surface area contributed by atoms with Crippen molar-refractivity contribution in [2.24, 2.45) is 0 Å². The molecule has 2 heterocycles. The minimum atomic E-state index is 0.0197. The van der Waals surface area contributed by atoms with E-state index in [0.29, 0.717) is 24.4 Å². The molecular weight excluding hydrogens is 306 g/mol. The summed E-state index contributed by atoms with van der Waals surface area (Å²) in [4.78, 5) is 19.2. The highest BCUT2D eigenvalue weighted by molar-refractivity contribution is 5.43. The van der Waals surface area contributed by atoms with E-state index in [1.165, 1.54) is 5.56 Å². The van der Waals surface area contributed by atoms with Gasteiger partial charge in [0, 0.05) is 38.6 Å². The molecule has 0 aliphatic heterocycles. The Kier molecular flexibility index (Phi) is 6.68. The van der Waals surface area contributed by atoms with Crippen LogP contribution in [-0.2, 0) is 6.42 Å². The van der Waals surface area contributed by atoms with Crippen molar-refractivity contribution in [2.45, 2.75) is 26.3 Å². The molecule has 0 bridgehead atoms. The maximum Gasteiger partial charge on any atom is 0.231 e. The van der Waals surface area contributed by atoms with Gasteiger partial charge in [0.25, 0.3) is 0 Å². The van der Waals surface area contributed by atoms with Crippen molar-refractivity contribution in [3.8, 4) is 0 Å². The summed E-state index contributed by atoms with van der Waals surface area (Å²) in [7, 11) is 1.95. The lowest BCUT2D eigenvalue weighted by Gasteiger charge is -2.19. The number of pyridine rings is 1. The average Bonchev–Trinajstić information content (AvgIpc) is 2.58. The van der Waals surface area contributed by atoms with Crippen LogP contribution in [0, 0.1) is 0 Å². The van der Waals surface area contributed by atoms with E-state index in [2.05, 4.69) is 30.6 Å². The summed E-state index contributed by atoms with van der Waals surface area (Å²) in [6.07, 6.45) is 4.46. The Morgan fingerprint density at radius 1 is 1.12 bits per heavy atom. The second-order valence-electron chi connectivity index (χ2n) is 5.76. The van der Waals surface area contributed by atoms with Crippen LogP contribution in [0.3, 0.4) is 0 Å². The maximum atomic E-state index is 8.97. The molecule has 0 unspecified atom stereocenters. The first kappa shape index (κ1) is 17.9. The van der Waals surface area contributed by atoms with Crippen LogP contribution in [0.1, 0.15) is 19.4 Å². The van der Waals surface area contributed by atoms with Crippen molar-refractivity contribution in [2.75, 3.05) is 42.3 Å². The molecule has 0 atom stereocenters. The summed E-state index contributed by atoms with van der Waals surface area (Å²) >= 11 is 0. The molecule has 0 saturated heterocycles. The number of nitrogens with zero attached hydrogens (tertiary/aromatic N) is 5. The second kappa shape index (κ2) is 8.97. The topological polar surface area (TPSA) is 99.1 Å². The summed E-state index contributed by atoms with van der Waals surface area (Å²) in [5.41, 5.74) is 1.21. The SMILES string of the molecule is CC(C)Nc1nc(NCCO)nc(N(C)CCc2ccncc2)n1. The normalized spacial score (nSPS) is 10.7. The fourth-order valence-electron chi connectivity index (χ4n) is 2.05. The van der Waals surface area contributed by atoms with Crippen LogP contribution in [0.15, 0.2) is 24.5 Å². The van der Waals surface area contributed by atoms with Gasteiger partial charge in [-0.25, -0.2) is 0 Å². The van der Waals surface area contributed by atoms with Crippen molar-refractivity contribution in [3.05, 3.63) is 30.1 Å². The smallest absolute Gasteiger partial charge is 0.231 e. The first-order valence-electron chi connectivity index (χ1n) is 8.06. The summed E-state index contributed by atoms with van der Waals surface area (Å²) in [5.74, 6) is 1.56. The number of rotatable bonds is 9. The summed E-state index contributed by atoms with van der Waals surface area (Å²) in [6.45, 7) is 5.24. The Hall–Kier alpha value is -2.48. The second-order valence-corrected chi connectivity index (χ2v) is 5.76. The number of anilines is 3. The number of likely N-dealkylation sites (N-methyl/N-ethyl adjacent to an activating group) is 1. The van der Waals surface area contributed by atoms with E-state index < -0.39 is 0 Å². The molecule has 130 valence electrons. The molecule has 24 heavy (non-hydrogen) atoms. The zero-order valence-corrected chi connectivity index (χ0v) is 14.4. The maximum absolute atomic E-state index is 8.97. The monoisotopic (exact) mass is 331 g/mol. The third-order valence-electron chi connectivity index (χ3n) is 3.26.